The summed E-state index contributed by atoms with van der Waals surface area (Å²) in [7, 11) is 1.60. The molecule has 0 atom stereocenters. The number of hydrogen-bond acceptors (Lipinski definition) is 4. The molecule has 102 valence electrons. The van der Waals surface area contributed by atoms with Crippen molar-refractivity contribution in [1.29, 1.82) is 5.41 Å². The molecule has 3 N–H and O–H groups in total. The van der Waals surface area contributed by atoms with Crippen molar-refractivity contribution in [3.8, 4) is 0 Å². The minimum absolute atomic E-state index is 0.00127. The van der Waals surface area contributed by atoms with Crippen molar-refractivity contribution in [2.75, 3.05) is 0 Å². The van der Waals surface area contributed by atoms with Gasteiger partial charge in [0.1, 0.15) is 17.4 Å². The summed E-state index contributed by atoms with van der Waals surface area (Å²) in [6, 6.07) is 0. The zero-order chi connectivity index (χ0) is 14.2. The molecule has 0 radical (unpaired) electrons. The molecule has 19 heavy (non-hydrogen) atoms. The van der Waals surface area contributed by atoms with Crippen LogP contribution < -0.4 is 5.73 Å². The Morgan fingerprint density at radius 1 is 1.42 bits per heavy atom. The first-order valence-electron chi connectivity index (χ1n) is 5.37. The molecule has 0 saturated carbocycles. The summed E-state index contributed by atoms with van der Waals surface area (Å²) in [6.07, 6.45) is -4.22. The van der Waals surface area contributed by atoms with E-state index in [1.165, 1.54) is 10.9 Å². The first kappa shape index (κ1) is 13.2. The summed E-state index contributed by atoms with van der Waals surface area (Å²) in [6.45, 7) is 0. The topological polar surface area (TPSA) is 93.5 Å². The number of halogens is 3. The number of amidine groups is 1. The Morgan fingerprint density at radius 3 is 2.68 bits per heavy atom. The first-order chi connectivity index (χ1) is 8.78. The maximum Gasteiger partial charge on any atom is 0.389 e. The average molecular weight is 272 g/mol. The van der Waals surface area contributed by atoms with Crippen LogP contribution in [0, 0.1) is 5.41 Å². The lowest BCUT2D eigenvalue weighted by Gasteiger charge is -2.07. The van der Waals surface area contributed by atoms with E-state index >= 15 is 0 Å². The maximum atomic E-state index is 12.2. The van der Waals surface area contributed by atoms with Crippen LogP contribution in [0.2, 0.25) is 0 Å². The van der Waals surface area contributed by atoms with Gasteiger partial charge in [-0.15, -0.1) is 0 Å². The highest BCUT2D eigenvalue weighted by atomic mass is 19.4. The van der Waals surface area contributed by atoms with Crippen LogP contribution in [0.4, 0.5) is 13.2 Å². The molecule has 0 aliphatic rings. The van der Waals surface area contributed by atoms with E-state index in [-0.39, 0.29) is 23.8 Å². The largest absolute Gasteiger partial charge is 0.389 e. The van der Waals surface area contributed by atoms with Crippen molar-refractivity contribution in [2.45, 2.75) is 19.0 Å². The summed E-state index contributed by atoms with van der Waals surface area (Å²) >= 11 is 0. The SMILES string of the molecule is Cn1ncc2c(C(=N)N)nc(CCC(F)(F)F)nc21. The quantitative estimate of drug-likeness (QED) is 0.647. The standard InChI is InChI=1S/C10H11F3N6/c1-19-9-5(4-16-19)7(8(14)15)17-6(18-9)2-3-10(11,12)13/h4H,2-3H2,1H3,(H3,14,15). The van der Waals surface area contributed by atoms with Crippen LogP contribution >= 0.6 is 0 Å². The first-order valence-corrected chi connectivity index (χ1v) is 5.37. The molecule has 0 amide bonds. The van der Waals surface area contributed by atoms with Crippen molar-refractivity contribution in [3.05, 3.63) is 17.7 Å². The minimum Gasteiger partial charge on any atom is -0.382 e. The van der Waals surface area contributed by atoms with Crippen LogP contribution in [0.25, 0.3) is 11.0 Å². The van der Waals surface area contributed by atoms with E-state index < -0.39 is 12.6 Å². The molecule has 0 unspecified atom stereocenters. The molecule has 0 aliphatic heterocycles. The lowest BCUT2D eigenvalue weighted by Crippen LogP contribution is -2.17. The van der Waals surface area contributed by atoms with Gasteiger partial charge in [-0.05, 0) is 0 Å². The predicted octanol–water partition coefficient (Wildman–Crippen LogP) is 1.14. The number of nitrogen functional groups attached to an aromatic ring is 1. The molecule has 2 aromatic heterocycles. The Morgan fingerprint density at radius 2 is 2.11 bits per heavy atom. The number of hydrogen-bond donors (Lipinski definition) is 2. The van der Waals surface area contributed by atoms with Gasteiger partial charge in [0.05, 0.1) is 18.0 Å². The van der Waals surface area contributed by atoms with Gasteiger partial charge in [-0.3, -0.25) is 10.1 Å². The van der Waals surface area contributed by atoms with E-state index in [2.05, 4.69) is 15.1 Å². The number of rotatable bonds is 3. The van der Waals surface area contributed by atoms with E-state index in [1.54, 1.807) is 7.05 Å². The highest BCUT2D eigenvalue weighted by Gasteiger charge is 2.27. The van der Waals surface area contributed by atoms with Crippen LogP contribution in [0.5, 0.6) is 0 Å². The lowest BCUT2D eigenvalue weighted by atomic mass is 10.2. The molecular formula is C10H11F3N6. The fraction of sp³-hybridized carbons (Fsp3) is 0.400. The monoisotopic (exact) mass is 272 g/mol. The van der Waals surface area contributed by atoms with Gasteiger partial charge >= 0.3 is 6.18 Å². The van der Waals surface area contributed by atoms with E-state index in [4.69, 9.17) is 11.1 Å². The Balaban J connectivity index is 2.45. The number of fused-ring (bicyclic) bond motifs is 1. The van der Waals surface area contributed by atoms with Crippen molar-refractivity contribution in [3.63, 3.8) is 0 Å². The summed E-state index contributed by atoms with van der Waals surface area (Å²) in [5.41, 5.74) is 5.84. The number of nitrogens with one attached hydrogen (secondary N) is 1. The van der Waals surface area contributed by atoms with E-state index in [9.17, 15) is 13.2 Å². The Bertz CT molecular complexity index is 630. The molecule has 2 rings (SSSR count). The highest BCUT2D eigenvalue weighted by Crippen LogP contribution is 2.22. The number of nitrogens with two attached hydrogens (primary N) is 1. The molecule has 6 nitrogen and oxygen atoms in total. The fourth-order valence-electron chi connectivity index (χ4n) is 1.64. The number of aromatic nitrogens is 4. The Hall–Kier alpha value is -2.19. The van der Waals surface area contributed by atoms with Gasteiger partial charge in [0.2, 0.25) is 0 Å². The third-order valence-electron chi connectivity index (χ3n) is 2.53. The molecule has 0 aromatic carbocycles. The average Bonchev–Trinajstić information content (AvgIpc) is 2.67. The molecule has 0 aliphatic carbocycles. The van der Waals surface area contributed by atoms with Crippen LogP contribution in [-0.4, -0.2) is 31.8 Å². The maximum absolute atomic E-state index is 12.2. The molecule has 9 heteroatoms. The van der Waals surface area contributed by atoms with E-state index in [0.29, 0.717) is 11.0 Å². The summed E-state index contributed by atoms with van der Waals surface area (Å²) in [4.78, 5) is 7.92. The van der Waals surface area contributed by atoms with Gasteiger partial charge in [0.15, 0.2) is 5.65 Å². The van der Waals surface area contributed by atoms with Crippen LogP contribution in [-0.2, 0) is 13.5 Å². The molecule has 2 heterocycles. The summed E-state index contributed by atoms with van der Waals surface area (Å²) in [5, 5.41) is 11.8. The van der Waals surface area contributed by atoms with Crippen molar-refractivity contribution in [1.82, 2.24) is 19.7 Å². The van der Waals surface area contributed by atoms with Crippen LogP contribution in [0.1, 0.15) is 17.9 Å². The van der Waals surface area contributed by atoms with Crippen molar-refractivity contribution in [2.24, 2.45) is 12.8 Å². The zero-order valence-electron chi connectivity index (χ0n) is 9.99. The fourth-order valence-corrected chi connectivity index (χ4v) is 1.64. The molecular weight excluding hydrogens is 261 g/mol. The van der Waals surface area contributed by atoms with Gasteiger partial charge in [-0.2, -0.15) is 18.3 Å². The highest BCUT2D eigenvalue weighted by molar-refractivity contribution is 6.03. The lowest BCUT2D eigenvalue weighted by molar-refractivity contribution is -0.134. The molecule has 0 bridgehead atoms. The molecule has 0 spiro atoms. The zero-order valence-corrected chi connectivity index (χ0v) is 9.99. The van der Waals surface area contributed by atoms with Crippen LogP contribution in [0.3, 0.4) is 0 Å². The molecule has 0 saturated heterocycles. The number of aryl methyl sites for hydroxylation is 2. The van der Waals surface area contributed by atoms with Gasteiger partial charge < -0.3 is 5.73 Å². The minimum atomic E-state index is -4.28. The van der Waals surface area contributed by atoms with Gasteiger partial charge in [-0.1, -0.05) is 0 Å². The van der Waals surface area contributed by atoms with E-state index in [0.717, 1.165) is 0 Å². The number of nitrogens with zero attached hydrogens (tertiary/aromatic N) is 4. The normalized spacial score (nSPS) is 12.0. The van der Waals surface area contributed by atoms with Crippen LogP contribution in [0.15, 0.2) is 6.20 Å². The summed E-state index contributed by atoms with van der Waals surface area (Å²) < 4.78 is 38.0. The third kappa shape index (κ3) is 2.80. The van der Waals surface area contributed by atoms with Crippen molar-refractivity contribution < 1.29 is 13.2 Å². The van der Waals surface area contributed by atoms with Gasteiger partial charge in [0.25, 0.3) is 0 Å². The van der Waals surface area contributed by atoms with E-state index in [1.807, 2.05) is 0 Å². The molecule has 0 fully saturated rings. The second-order valence-corrected chi connectivity index (χ2v) is 4.02. The second-order valence-electron chi connectivity index (χ2n) is 4.02. The van der Waals surface area contributed by atoms with Gasteiger partial charge in [0, 0.05) is 13.5 Å². The Kier molecular flexibility index (Phi) is 3.13. The number of alkyl halides is 3. The van der Waals surface area contributed by atoms with Gasteiger partial charge in [-0.25, -0.2) is 9.97 Å². The second kappa shape index (κ2) is 4.48. The Labute approximate surface area is 106 Å². The predicted molar refractivity (Wildman–Crippen MR) is 61.7 cm³/mol. The van der Waals surface area contributed by atoms with Crippen molar-refractivity contribution >= 4 is 16.9 Å². The summed E-state index contributed by atoms with van der Waals surface area (Å²) in [5.74, 6) is -0.327. The third-order valence-corrected chi connectivity index (χ3v) is 2.53. The molecule has 2 aromatic rings. The smallest absolute Gasteiger partial charge is 0.382 e.